The van der Waals surface area contributed by atoms with Gasteiger partial charge in [0.1, 0.15) is 11.3 Å². The molecule has 0 spiro atoms. The van der Waals surface area contributed by atoms with Crippen LogP contribution in [0.2, 0.25) is 0 Å². The van der Waals surface area contributed by atoms with Crippen molar-refractivity contribution in [3.05, 3.63) is 23.8 Å². The highest BCUT2D eigenvalue weighted by Gasteiger charge is 2.33. The van der Waals surface area contributed by atoms with Gasteiger partial charge in [-0.3, -0.25) is 0 Å². The maximum absolute atomic E-state index is 12.7. The van der Waals surface area contributed by atoms with Crippen LogP contribution in [0.15, 0.2) is 23.1 Å². The number of hydrogen-bond donors (Lipinski definition) is 2. The Morgan fingerprint density at radius 3 is 2.71 bits per heavy atom. The van der Waals surface area contributed by atoms with Crippen molar-refractivity contribution in [2.45, 2.75) is 43.5 Å². The molecule has 1 aliphatic heterocycles. The SMILES string of the molecule is CCC1CCCCN1S(=O)(=O)c1ccc(O)c(C(=O)O)c1. The standard InChI is InChI=1S/C14H19NO5S/c1-2-10-5-3-4-8-15(10)21(19,20)11-6-7-13(16)12(9-11)14(17)18/h6-7,9-10,16H,2-5,8H2,1H3,(H,17,18). The minimum Gasteiger partial charge on any atom is -0.507 e. The van der Waals surface area contributed by atoms with Gasteiger partial charge in [0.15, 0.2) is 0 Å². The normalized spacial score (nSPS) is 20.3. The summed E-state index contributed by atoms with van der Waals surface area (Å²) in [7, 11) is -3.74. The lowest BCUT2D eigenvalue weighted by Gasteiger charge is -2.34. The molecule has 1 heterocycles. The number of benzene rings is 1. The second-order valence-corrected chi connectivity index (χ2v) is 7.05. The molecule has 1 fully saturated rings. The molecule has 2 rings (SSSR count). The summed E-state index contributed by atoms with van der Waals surface area (Å²) in [5.74, 6) is -1.79. The van der Waals surface area contributed by atoms with E-state index in [0.29, 0.717) is 6.54 Å². The Balaban J connectivity index is 2.43. The molecule has 2 N–H and O–H groups in total. The Morgan fingerprint density at radius 1 is 1.38 bits per heavy atom. The molecule has 1 atom stereocenters. The fraction of sp³-hybridized carbons (Fsp3) is 0.500. The molecule has 0 radical (unpaired) electrons. The van der Waals surface area contributed by atoms with Crippen LogP contribution >= 0.6 is 0 Å². The maximum Gasteiger partial charge on any atom is 0.339 e. The first-order chi connectivity index (χ1) is 9.87. The van der Waals surface area contributed by atoms with E-state index in [-0.39, 0.29) is 10.9 Å². The number of carboxylic acid groups (broad SMARTS) is 1. The number of nitrogens with zero attached hydrogens (tertiary/aromatic N) is 1. The van der Waals surface area contributed by atoms with Crippen LogP contribution in [0.1, 0.15) is 43.0 Å². The molecule has 1 aromatic rings. The molecule has 1 saturated heterocycles. The van der Waals surface area contributed by atoms with E-state index in [0.717, 1.165) is 37.8 Å². The van der Waals surface area contributed by atoms with E-state index in [1.54, 1.807) is 0 Å². The number of carboxylic acids is 1. The number of hydrogen-bond acceptors (Lipinski definition) is 4. The van der Waals surface area contributed by atoms with Crippen LogP contribution in [-0.4, -0.2) is 41.5 Å². The first-order valence-corrected chi connectivity index (χ1v) is 8.40. The monoisotopic (exact) mass is 313 g/mol. The molecule has 21 heavy (non-hydrogen) atoms. The lowest BCUT2D eigenvalue weighted by atomic mass is 10.0. The summed E-state index contributed by atoms with van der Waals surface area (Å²) in [5.41, 5.74) is -0.402. The van der Waals surface area contributed by atoms with E-state index in [2.05, 4.69) is 0 Å². The first kappa shape index (κ1) is 15.8. The van der Waals surface area contributed by atoms with Crippen LogP contribution in [0.3, 0.4) is 0 Å². The number of aromatic carboxylic acids is 1. The van der Waals surface area contributed by atoms with Gasteiger partial charge in [0.05, 0.1) is 4.90 Å². The van der Waals surface area contributed by atoms with Crippen LogP contribution in [0.5, 0.6) is 5.75 Å². The second kappa shape index (κ2) is 6.03. The molecule has 0 saturated carbocycles. The molecular weight excluding hydrogens is 294 g/mol. The van der Waals surface area contributed by atoms with Gasteiger partial charge in [0, 0.05) is 12.6 Å². The molecule has 0 amide bonds. The third kappa shape index (κ3) is 3.03. The van der Waals surface area contributed by atoms with Crippen molar-refractivity contribution in [1.29, 1.82) is 0 Å². The largest absolute Gasteiger partial charge is 0.507 e. The fourth-order valence-corrected chi connectivity index (χ4v) is 4.47. The maximum atomic E-state index is 12.7. The average molecular weight is 313 g/mol. The molecule has 116 valence electrons. The summed E-state index contributed by atoms with van der Waals surface area (Å²) in [6.07, 6.45) is 3.35. The van der Waals surface area contributed by atoms with Gasteiger partial charge in [-0.25, -0.2) is 13.2 Å². The zero-order valence-electron chi connectivity index (χ0n) is 11.8. The van der Waals surface area contributed by atoms with E-state index in [9.17, 15) is 18.3 Å². The number of rotatable bonds is 4. The topological polar surface area (TPSA) is 94.9 Å². The van der Waals surface area contributed by atoms with Crippen molar-refractivity contribution in [3.63, 3.8) is 0 Å². The van der Waals surface area contributed by atoms with Crippen molar-refractivity contribution in [3.8, 4) is 5.75 Å². The Bertz CT molecular complexity index is 641. The Labute approximate surface area is 124 Å². The van der Waals surface area contributed by atoms with Crippen molar-refractivity contribution >= 4 is 16.0 Å². The van der Waals surface area contributed by atoms with Gasteiger partial charge >= 0.3 is 5.97 Å². The molecule has 1 aromatic carbocycles. The lowest BCUT2D eigenvalue weighted by molar-refractivity contribution is 0.0693. The third-order valence-electron chi connectivity index (χ3n) is 3.85. The summed E-state index contributed by atoms with van der Waals surface area (Å²) in [5, 5.41) is 18.5. The van der Waals surface area contributed by atoms with E-state index in [1.807, 2.05) is 6.92 Å². The lowest BCUT2D eigenvalue weighted by Crippen LogP contribution is -2.43. The second-order valence-electron chi connectivity index (χ2n) is 5.16. The van der Waals surface area contributed by atoms with E-state index in [1.165, 1.54) is 10.4 Å². The van der Waals surface area contributed by atoms with Crippen molar-refractivity contribution in [2.24, 2.45) is 0 Å². The zero-order valence-corrected chi connectivity index (χ0v) is 12.6. The minimum absolute atomic E-state index is 0.0502. The van der Waals surface area contributed by atoms with Gasteiger partial charge in [0.2, 0.25) is 10.0 Å². The molecule has 1 unspecified atom stereocenters. The number of carbonyl (C=O) groups is 1. The summed E-state index contributed by atoms with van der Waals surface area (Å²) in [4.78, 5) is 10.9. The summed E-state index contributed by atoms with van der Waals surface area (Å²) < 4.78 is 26.8. The zero-order chi connectivity index (χ0) is 15.6. The van der Waals surface area contributed by atoms with Gasteiger partial charge in [0.25, 0.3) is 0 Å². The van der Waals surface area contributed by atoms with Gasteiger partial charge in [-0.1, -0.05) is 13.3 Å². The van der Waals surface area contributed by atoms with Crippen molar-refractivity contribution in [2.75, 3.05) is 6.54 Å². The Kier molecular flexibility index (Phi) is 4.53. The number of piperidine rings is 1. The number of sulfonamides is 1. The van der Waals surface area contributed by atoms with Crippen LogP contribution in [0.25, 0.3) is 0 Å². The third-order valence-corrected chi connectivity index (χ3v) is 5.80. The van der Waals surface area contributed by atoms with E-state index >= 15 is 0 Å². The molecule has 7 heteroatoms. The Morgan fingerprint density at radius 2 is 2.10 bits per heavy atom. The predicted octanol–water partition coefficient (Wildman–Crippen LogP) is 2.04. The van der Waals surface area contributed by atoms with Crippen molar-refractivity contribution < 1.29 is 23.4 Å². The molecular formula is C14H19NO5S. The highest BCUT2D eigenvalue weighted by molar-refractivity contribution is 7.89. The van der Waals surface area contributed by atoms with Gasteiger partial charge in [-0.15, -0.1) is 0 Å². The Hall–Kier alpha value is -1.60. The summed E-state index contributed by atoms with van der Waals surface area (Å²) in [6, 6.07) is 3.33. The van der Waals surface area contributed by atoms with E-state index in [4.69, 9.17) is 5.11 Å². The fourth-order valence-electron chi connectivity index (χ4n) is 2.68. The predicted molar refractivity (Wildman–Crippen MR) is 76.9 cm³/mol. The summed E-state index contributed by atoms with van der Waals surface area (Å²) in [6.45, 7) is 2.39. The summed E-state index contributed by atoms with van der Waals surface area (Å²) >= 11 is 0. The van der Waals surface area contributed by atoms with Gasteiger partial charge < -0.3 is 10.2 Å². The molecule has 6 nitrogen and oxygen atoms in total. The molecule has 1 aliphatic rings. The molecule has 0 aromatic heterocycles. The average Bonchev–Trinajstić information content (AvgIpc) is 2.47. The smallest absolute Gasteiger partial charge is 0.339 e. The highest BCUT2D eigenvalue weighted by atomic mass is 32.2. The van der Waals surface area contributed by atoms with Crippen LogP contribution in [-0.2, 0) is 10.0 Å². The van der Waals surface area contributed by atoms with Gasteiger partial charge in [-0.05, 0) is 37.5 Å². The van der Waals surface area contributed by atoms with Crippen LogP contribution < -0.4 is 0 Å². The number of aromatic hydroxyl groups is 1. The van der Waals surface area contributed by atoms with E-state index < -0.39 is 27.3 Å². The van der Waals surface area contributed by atoms with Crippen LogP contribution in [0.4, 0.5) is 0 Å². The van der Waals surface area contributed by atoms with Gasteiger partial charge in [-0.2, -0.15) is 4.31 Å². The first-order valence-electron chi connectivity index (χ1n) is 6.96. The van der Waals surface area contributed by atoms with Crippen LogP contribution in [0, 0.1) is 0 Å². The highest BCUT2D eigenvalue weighted by Crippen LogP contribution is 2.29. The quantitative estimate of drug-likeness (QED) is 0.887. The van der Waals surface area contributed by atoms with Crippen molar-refractivity contribution in [1.82, 2.24) is 4.31 Å². The molecule has 0 bridgehead atoms. The number of phenols is 1. The molecule has 0 aliphatic carbocycles. The minimum atomic E-state index is -3.74.